The third-order valence-corrected chi connectivity index (χ3v) is 7.89. The topological polar surface area (TPSA) is 306 Å². The lowest BCUT2D eigenvalue weighted by Crippen LogP contribution is -2.64. The molecule has 9 N–H and O–H groups in total. The molecule has 228 valence electrons. The number of phosphoric ester groups is 1. The van der Waals surface area contributed by atoms with Crippen molar-refractivity contribution in [3.05, 3.63) is 33.1 Å². The standard InChI is InChI=1S/C18H29N3O17P2/c1-7(23)19-11-14(27)12(25)8(4-22)37-17(11)38-39(30,31)6-35-40(32,33)34-5-9-13(26)15(28)16(36-9)21-3-2-10(24)20-18(21)29/h2-3,8-9,11-17,22,25-28H,4-6H2,1H3,(H,19,23)(H,30,31)(H,32,33)(H,20,24,29)/t8-,9-,11-,12-,13-,14-,15-,16-,17-/m1/s1. The molecule has 3 rings (SSSR count). The van der Waals surface area contributed by atoms with Crippen molar-refractivity contribution in [3.63, 3.8) is 0 Å². The van der Waals surface area contributed by atoms with Gasteiger partial charge < -0.3 is 50.1 Å². The molecule has 0 aromatic carbocycles. The monoisotopic (exact) mass is 621 g/mol. The third-order valence-electron chi connectivity index (χ3n) is 5.77. The highest BCUT2D eigenvalue weighted by Gasteiger charge is 2.48. The summed E-state index contributed by atoms with van der Waals surface area (Å²) >= 11 is 0. The number of aromatic nitrogens is 2. The van der Waals surface area contributed by atoms with Crippen molar-refractivity contribution >= 4 is 21.3 Å². The van der Waals surface area contributed by atoms with Crippen LogP contribution in [0, 0.1) is 0 Å². The molecule has 0 aliphatic carbocycles. The number of aliphatic hydroxyl groups is 5. The van der Waals surface area contributed by atoms with Crippen molar-refractivity contribution in [1.82, 2.24) is 14.9 Å². The molecule has 2 saturated heterocycles. The molecule has 2 fully saturated rings. The Morgan fingerprint density at radius 3 is 2.30 bits per heavy atom. The van der Waals surface area contributed by atoms with E-state index >= 15 is 0 Å². The largest absolute Gasteiger partial charge is 0.472 e. The molecular formula is C18H29N3O17P2. The summed E-state index contributed by atoms with van der Waals surface area (Å²) in [5.41, 5.74) is -1.71. The molecule has 2 aliphatic rings. The quantitative estimate of drug-likeness (QED) is 0.105. The number of carbonyl (C=O) groups excluding carboxylic acids is 1. The maximum atomic E-state index is 12.5. The minimum Gasteiger partial charge on any atom is -0.394 e. The van der Waals surface area contributed by atoms with E-state index in [1.807, 2.05) is 4.98 Å². The molecule has 1 amide bonds. The van der Waals surface area contributed by atoms with Gasteiger partial charge in [0.2, 0.25) is 5.91 Å². The molecule has 0 bridgehead atoms. The van der Waals surface area contributed by atoms with Gasteiger partial charge in [-0.05, 0) is 0 Å². The van der Waals surface area contributed by atoms with E-state index in [1.165, 1.54) is 0 Å². The second-order valence-electron chi connectivity index (χ2n) is 8.76. The van der Waals surface area contributed by atoms with Crippen LogP contribution in [0.4, 0.5) is 0 Å². The summed E-state index contributed by atoms with van der Waals surface area (Å²) in [6.07, 6.45) is -13.9. The van der Waals surface area contributed by atoms with Crippen molar-refractivity contribution in [2.45, 2.75) is 62.1 Å². The average molecular weight is 621 g/mol. The highest BCUT2D eigenvalue weighted by molar-refractivity contribution is 7.54. The summed E-state index contributed by atoms with van der Waals surface area (Å²) < 4.78 is 50.0. The van der Waals surface area contributed by atoms with E-state index in [2.05, 4.69) is 14.4 Å². The van der Waals surface area contributed by atoms with Gasteiger partial charge in [0.15, 0.2) is 18.9 Å². The SMILES string of the molecule is CC(=O)N[C@H]1[C@@H](OP(=O)(O)COP(=O)(O)OC[C@H]2O[C@@H](n3ccc(=O)[nH]c3=O)[C@H](O)[C@@H]2O)O[C@H](CO)[C@@H](O)[C@@H]1O. The van der Waals surface area contributed by atoms with Crippen molar-refractivity contribution in [2.24, 2.45) is 0 Å². The van der Waals surface area contributed by atoms with Gasteiger partial charge in [-0.2, -0.15) is 0 Å². The Balaban J connectivity index is 1.59. The first-order valence-electron chi connectivity index (χ1n) is 11.4. The van der Waals surface area contributed by atoms with E-state index < -0.39 is 107 Å². The van der Waals surface area contributed by atoms with Gasteiger partial charge in [0.25, 0.3) is 5.56 Å². The first kappa shape index (κ1) is 32.6. The summed E-state index contributed by atoms with van der Waals surface area (Å²) in [6.45, 7) is -0.742. The fourth-order valence-corrected chi connectivity index (χ4v) is 5.97. The van der Waals surface area contributed by atoms with Gasteiger partial charge in [-0.25, -0.2) is 9.36 Å². The van der Waals surface area contributed by atoms with Crippen molar-refractivity contribution in [3.8, 4) is 0 Å². The second-order valence-corrected chi connectivity index (χ2v) is 12.0. The second kappa shape index (κ2) is 13.0. The first-order chi connectivity index (χ1) is 18.5. The van der Waals surface area contributed by atoms with Crippen LogP contribution in [0.25, 0.3) is 0 Å². The van der Waals surface area contributed by atoms with E-state index in [0.29, 0.717) is 0 Å². The highest BCUT2D eigenvalue weighted by atomic mass is 31.2. The molecule has 0 radical (unpaired) electrons. The van der Waals surface area contributed by atoms with Crippen LogP contribution in [0.5, 0.6) is 0 Å². The number of H-pyrrole nitrogens is 1. The number of rotatable bonds is 11. The normalized spacial score (nSPS) is 35.5. The van der Waals surface area contributed by atoms with Crippen LogP contribution in [-0.2, 0) is 37.0 Å². The summed E-state index contributed by atoms with van der Waals surface area (Å²) in [4.78, 5) is 56.6. The zero-order valence-corrected chi connectivity index (χ0v) is 22.3. The molecule has 40 heavy (non-hydrogen) atoms. The molecule has 2 unspecified atom stereocenters. The number of carbonyl (C=O) groups is 1. The van der Waals surface area contributed by atoms with Gasteiger partial charge in [-0.1, -0.05) is 0 Å². The Bertz CT molecular complexity index is 1260. The smallest absolute Gasteiger partial charge is 0.394 e. The number of nitrogens with zero attached hydrogens (tertiary/aromatic N) is 1. The number of phosphoric acid groups is 1. The lowest BCUT2D eigenvalue weighted by atomic mass is 9.97. The summed E-state index contributed by atoms with van der Waals surface area (Å²) in [5.74, 6) is -0.748. The maximum Gasteiger partial charge on any atom is 0.472 e. The number of aliphatic hydroxyl groups excluding tert-OH is 5. The third kappa shape index (κ3) is 7.90. The average Bonchev–Trinajstić information content (AvgIpc) is 3.14. The molecule has 2 aliphatic heterocycles. The summed E-state index contributed by atoms with van der Waals surface area (Å²) in [6, 6.07) is -0.648. The fraction of sp³-hybridized carbons (Fsp3) is 0.722. The summed E-state index contributed by atoms with van der Waals surface area (Å²) in [7, 11) is -10.2. The molecule has 0 spiro atoms. The van der Waals surface area contributed by atoms with Gasteiger partial charge >= 0.3 is 21.1 Å². The minimum absolute atomic E-state index is 0.736. The van der Waals surface area contributed by atoms with Crippen LogP contribution >= 0.6 is 15.4 Å². The zero-order valence-electron chi connectivity index (χ0n) is 20.5. The van der Waals surface area contributed by atoms with Crippen molar-refractivity contribution in [2.75, 3.05) is 19.6 Å². The number of amides is 1. The van der Waals surface area contributed by atoms with Gasteiger partial charge in [-0.15, -0.1) is 0 Å². The molecule has 1 aromatic heterocycles. The molecule has 22 heteroatoms. The predicted octanol–water partition coefficient (Wildman–Crippen LogP) is -4.61. The Labute approximate surface area is 223 Å². The van der Waals surface area contributed by atoms with Crippen molar-refractivity contribution in [1.29, 1.82) is 0 Å². The van der Waals surface area contributed by atoms with Crippen LogP contribution in [0.2, 0.25) is 0 Å². The zero-order chi connectivity index (χ0) is 30.0. The first-order valence-corrected chi connectivity index (χ1v) is 14.7. The van der Waals surface area contributed by atoms with Gasteiger partial charge in [0, 0.05) is 19.2 Å². The molecular weight excluding hydrogens is 592 g/mol. The fourth-order valence-electron chi connectivity index (χ4n) is 3.83. The van der Waals surface area contributed by atoms with Crippen LogP contribution in [0.15, 0.2) is 21.9 Å². The Kier molecular flexibility index (Phi) is 10.6. The lowest BCUT2D eigenvalue weighted by molar-refractivity contribution is -0.246. The lowest BCUT2D eigenvalue weighted by Gasteiger charge is -2.42. The minimum atomic E-state index is -5.17. The molecule has 20 nitrogen and oxygen atoms in total. The van der Waals surface area contributed by atoms with E-state index in [0.717, 1.165) is 23.8 Å². The number of aromatic amines is 1. The van der Waals surface area contributed by atoms with E-state index in [-0.39, 0.29) is 0 Å². The molecule has 1 aromatic rings. The molecule has 11 atom stereocenters. The summed E-state index contributed by atoms with van der Waals surface area (Å²) in [5, 5.41) is 52.0. The Morgan fingerprint density at radius 2 is 1.70 bits per heavy atom. The van der Waals surface area contributed by atoms with E-state index in [4.69, 9.17) is 14.0 Å². The predicted molar refractivity (Wildman–Crippen MR) is 125 cm³/mol. The van der Waals surface area contributed by atoms with Gasteiger partial charge in [-0.3, -0.25) is 37.3 Å². The number of hydrogen-bond acceptors (Lipinski definition) is 15. The van der Waals surface area contributed by atoms with Crippen LogP contribution < -0.4 is 16.6 Å². The van der Waals surface area contributed by atoms with Crippen molar-refractivity contribution < 1.29 is 72.3 Å². The van der Waals surface area contributed by atoms with E-state index in [1.54, 1.807) is 0 Å². The van der Waals surface area contributed by atoms with Crippen LogP contribution in [0.1, 0.15) is 13.2 Å². The maximum absolute atomic E-state index is 12.5. The number of hydrogen-bond donors (Lipinski definition) is 9. The van der Waals surface area contributed by atoms with Gasteiger partial charge in [0.05, 0.1) is 13.2 Å². The highest BCUT2D eigenvalue weighted by Crippen LogP contribution is 2.52. The number of nitrogens with one attached hydrogen (secondary N) is 2. The van der Waals surface area contributed by atoms with Crippen LogP contribution in [-0.4, -0.2) is 119 Å². The molecule has 0 saturated carbocycles. The van der Waals surface area contributed by atoms with Gasteiger partial charge in [0.1, 0.15) is 42.7 Å². The van der Waals surface area contributed by atoms with E-state index in [9.17, 15) is 58.8 Å². The molecule has 3 heterocycles. The Hall–Kier alpha value is -1.87. The Morgan fingerprint density at radius 1 is 1.05 bits per heavy atom. The number of ether oxygens (including phenoxy) is 2. The van der Waals surface area contributed by atoms with Crippen LogP contribution in [0.3, 0.4) is 0 Å².